The first kappa shape index (κ1) is 19.1. The van der Waals surface area contributed by atoms with Crippen LogP contribution in [0.25, 0.3) is 0 Å². The van der Waals surface area contributed by atoms with Crippen molar-refractivity contribution in [1.29, 1.82) is 0 Å². The number of non-ortho nitro benzene ring substituents is 1. The standard InChI is InChI=1S/C14H7ClF3N3O5/c15-10-3-1-2-4-11(10)19(7-22)13-9(14(16,17)18)5-8(20(23)24)6-12(13)21(25)26/h1-7H. The van der Waals surface area contributed by atoms with E-state index < -0.39 is 38.6 Å². The SMILES string of the molecule is O=CN(c1ccccc1Cl)c1c([N+](=O)[O-])cc([N+](=O)[O-])cc1C(F)(F)F. The zero-order valence-electron chi connectivity index (χ0n) is 12.4. The molecule has 136 valence electrons. The fourth-order valence-electron chi connectivity index (χ4n) is 2.20. The Kier molecular flexibility index (Phi) is 5.12. The molecule has 12 heteroatoms. The summed E-state index contributed by atoms with van der Waals surface area (Å²) in [4.78, 5) is 31.4. The minimum Gasteiger partial charge on any atom is -0.278 e. The molecule has 0 N–H and O–H groups in total. The third kappa shape index (κ3) is 3.57. The molecular formula is C14H7ClF3N3O5. The number of benzene rings is 2. The zero-order valence-corrected chi connectivity index (χ0v) is 13.2. The van der Waals surface area contributed by atoms with Gasteiger partial charge in [-0.15, -0.1) is 0 Å². The van der Waals surface area contributed by atoms with E-state index in [4.69, 9.17) is 11.6 Å². The van der Waals surface area contributed by atoms with Gasteiger partial charge in [0.1, 0.15) is 5.69 Å². The maximum atomic E-state index is 13.4. The Balaban J connectivity index is 2.92. The minimum absolute atomic E-state index is 0.0926. The Labute approximate surface area is 147 Å². The van der Waals surface area contributed by atoms with E-state index in [0.29, 0.717) is 11.0 Å². The molecule has 0 saturated heterocycles. The number of nitro groups is 2. The number of halogens is 4. The summed E-state index contributed by atoms with van der Waals surface area (Å²) in [6, 6.07) is 5.68. The van der Waals surface area contributed by atoms with Gasteiger partial charge in [-0.25, -0.2) is 0 Å². The van der Waals surface area contributed by atoms with E-state index >= 15 is 0 Å². The monoisotopic (exact) mass is 389 g/mol. The lowest BCUT2D eigenvalue weighted by Gasteiger charge is -2.22. The molecule has 0 unspecified atom stereocenters. The average Bonchev–Trinajstić information content (AvgIpc) is 2.55. The number of nitro benzene ring substituents is 2. The lowest BCUT2D eigenvalue weighted by Crippen LogP contribution is -2.21. The van der Waals surface area contributed by atoms with Crippen LogP contribution in [0.1, 0.15) is 5.56 Å². The van der Waals surface area contributed by atoms with Crippen molar-refractivity contribution in [2.75, 3.05) is 4.90 Å². The summed E-state index contributed by atoms with van der Waals surface area (Å²) in [5, 5.41) is 21.9. The van der Waals surface area contributed by atoms with Crippen LogP contribution in [0.3, 0.4) is 0 Å². The topological polar surface area (TPSA) is 107 Å². The van der Waals surface area contributed by atoms with Gasteiger partial charge in [-0.05, 0) is 12.1 Å². The highest BCUT2D eigenvalue weighted by Gasteiger charge is 2.42. The molecule has 2 aromatic rings. The van der Waals surface area contributed by atoms with Gasteiger partial charge in [0.25, 0.3) is 5.69 Å². The number of anilines is 2. The van der Waals surface area contributed by atoms with Gasteiger partial charge in [0.2, 0.25) is 6.41 Å². The first-order chi connectivity index (χ1) is 12.1. The smallest absolute Gasteiger partial charge is 0.278 e. The third-order valence-electron chi connectivity index (χ3n) is 3.25. The van der Waals surface area contributed by atoms with E-state index in [2.05, 4.69) is 0 Å². The second kappa shape index (κ2) is 6.96. The number of nitrogens with zero attached hydrogens (tertiary/aromatic N) is 3. The maximum absolute atomic E-state index is 13.4. The van der Waals surface area contributed by atoms with Gasteiger partial charge in [-0.3, -0.25) is 29.9 Å². The fraction of sp³-hybridized carbons (Fsp3) is 0.0714. The largest absolute Gasteiger partial charge is 0.418 e. The number of hydrogen-bond donors (Lipinski definition) is 0. The lowest BCUT2D eigenvalue weighted by atomic mass is 10.1. The molecule has 2 aromatic carbocycles. The van der Waals surface area contributed by atoms with Crippen LogP contribution in [-0.4, -0.2) is 16.3 Å². The molecule has 0 aromatic heterocycles. The van der Waals surface area contributed by atoms with Crippen LogP contribution >= 0.6 is 11.6 Å². The molecule has 0 aliphatic rings. The Morgan fingerprint density at radius 2 is 1.69 bits per heavy atom. The molecule has 0 aliphatic carbocycles. The third-order valence-corrected chi connectivity index (χ3v) is 3.57. The zero-order chi connectivity index (χ0) is 19.6. The number of alkyl halides is 3. The Bertz CT molecular complexity index is 904. The van der Waals surface area contributed by atoms with E-state index in [1.54, 1.807) is 0 Å². The Morgan fingerprint density at radius 3 is 2.15 bits per heavy atom. The van der Waals surface area contributed by atoms with Crippen molar-refractivity contribution in [2.24, 2.45) is 0 Å². The predicted molar refractivity (Wildman–Crippen MR) is 84.4 cm³/mol. The summed E-state index contributed by atoms with van der Waals surface area (Å²) in [6.45, 7) is 0. The molecule has 2 rings (SSSR count). The second-order valence-electron chi connectivity index (χ2n) is 4.80. The lowest BCUT2D eigenvalue weighted by molar-refractivity contribution is -0.394. The highest BCUT2D eigenvalue weighted by molar-refractivity contribution is 6.33. The summed E-state index contributed by atoms with van der Waals surface area (Å²) >= 11 is 5.87. The second-order valence-corrected chi connectivity index (χ2v) is 5.21. The van der Waals surface area contributed by atoms with Gasteiger partial charge < -0.3 is 0 Å². The van der Waals surface area contributed by atoms with Crippen LogP contribution in [0.15, 0.2) is 36.4 Å². The molecule has 26 heavy (non-hydrogen) atoms. The minimum atomic E-state index is -5.21. The summed E-state index contributed by atoms with van der Waals surface area (Å²) in [5.41, 5.74) is -5.55. The quantitative estimate of drug-likeness (QED) is 0.426. The van der Waals surface area contributed by atoms with Gasteiger partial charge in [0.05, 0.1) is 32.2 Å². The molecule has 0 atom stereocenters. The number of hydrogen-bond acceptors (Lipinski definition) is 5. The van der Waals surface area contributed by atoms with Crippen molar-refractivity contribution in [2.45, 2.75) is 6.18 Å². The molecule has 0 bridgehead atoms. The van der Waals surface area contributed by atoms with Crippen molar-refractivity contribution in [3.8, 4) is 0 Å². The van der Waals surface area contributed by atoms with Gasteiger partial charge in [0.15, 0.2) is 0 Å². The van der Waals surface area contributed by atoms with E-state index in [0.717, 1.165) is 0 Å². The number of amides is 1. The Morgan fingerprint density at radius 1 is 1.08 bits per heavy atom. The molecule has 0 radical (unpaired) electrons. The normalized spacial score (nSPS) is 11.1. The van der Waals surface area contributed by atoms with Crippen LogP contribution in [0.5, 0.6) is 0 Å². The fourth-order valence-corrected chi connectivity index (χ4v) is 2.42. The number of carbonyl (C=O) groups excluding carboxylic acids is 1. The summed E-state index contributed by atoms with van der Waals surface area (Å²) in [5.74, 6) is 0. The summed E-state index contributed by atoms with van der Waals surface area (Å²) < 4.78 is 40.3. The van der Waals surface area contributed by atoms with Gasteiger partial charge in [-0.1, -0.05) is 23.7 Å². The summed E-state index contributed by atoms with van der Waals surface area (Å²) in [7, 11) is 0. The van der Waals surface area contributed by atoms with Crippen molar-refractivity contribution in [3.05, 3.63) is 67.2 Å². The molecule has 0 heterocycles. The van der Waals surface area contributed by atoms with E-state index in [9.17, 15) is 38.2 Å². The van der Waals surface area contributed by atoms with Gasteiger partial charge >= 0.3 is 11.9 Å². The van der Waals surface area contributed by atoms with Crippen LogP contribution in [-0.2, 0) is 11.0 Å². The predicted octanol–water partition coefficient (Wildman–Crippen LogP) is 4.47. The average molecular weight is 390 g/mol. The van der Waals surface area contributed by atoms with Gasteiger partial charge in [-0.2, -0.15) is 13.2 Å². The molecule has 8 nitrogen and oxygen atoms in total. The van der Waals surface area contributed by atoms with Crippen LogP contribution in [0.2, 0.25) is 5.02 Å². The first-order valence-corrected chi connectivity index (χ1v) is 6.98. The van der Waals surface area contributed by atoms with Crippen LogP contribution < -0.4 is 4.90 Å². The van der Waals surface area contributed by atoms with E-state index in [-0.39, 0.29) is 23.2 Å². The number of carbonyl (C=O) groups is 1. The number of rotatable bonds is 5. The first-order valence-electron chi connectivity index (χ1n) is 6.61. The van der Waals surface area contributed by atoms with E-state index in [1.165, 1.54) is 24.3 Å². The van der Waals surface area contributed by atoms with Crippen LogP contribution in [0.4, 0.5) is 35.9 Å². The number of para-hydroxylation sites is 1. The molecule has 0 spiro atoms. The highest BCUT2D eigenvalue weighted by atomic mass is 35.5. The van der Waals surface area contributed by atoms with Crippen molar-refractivity contribution >= 4 is 40.8 Å². The maximum Gasteiger partial charge on any atom is 0.418 e. The molecule has 0 aliphatic heterocycles. The highest BCUT2D eigenvalue weighted by Crippen LogP contribution is 2.46. The van der Waals surface area contributed by atoms with Crippen molar-refractivity contribution in [1.82, 2.24) is 0 Å². The van der Waals surface area contributed by atoms with E-state index in [1.807, 2.05) is 0 Å². The molecule has 0 fully saturated rings. The summed E-state index contributed by atoms with van der Waals surface area (Å²) in [6.07, 6.45) is -5.31. The Hall–Kier alpha value is -3.21. The van der Waals surface area contributed by atoms with Gasteiger partial charge in [0, 0.05) is 6.07 Å². The molecule has 0 saturated carbocycles. The van der Waals surface area contributed by atoms with Crippen molar-refractivity contribution in [3.63, 3.8) is 0 Å². The molecular weight excluding hydrogens is 383 g/mol. The van der Waals surface area contributed by atoms with Crippen LogP contribution in [0, 0.1) is 20.2 Å². The molecule has 1 amide bonds. The van der Waals surface area contributed by atoms with Crippen molar-refractivity contribution < 1.29 is 27.8 Å².